The lowest BCUT2D eigenvalue weighted by Crippen LogP contribution is -2.31. The Balaban J connectivity index is 1.82. The van der Waals surface area contributed by atoms with Gasteiger partial charge in [-0.25, -0.2) is 17.6 Å². The fourth-order valence-electron chi connectivity index (χ4n) is 3.11. The van der Waals surface area contributed by atoms with Gasteiger partial charge in [0, 0.05) is 10.9 Å². The molecule has 1 aromatic heterocycles. The van der Waals surface area contributed by atoms with E-state index >= 15 is 0 Å². The van der Waals surface area contributed by atoms with E-state index in [1.165, 1.54) is 17.4 Å². The summed E-state index contributed by atoms with van der Waals surface area (Å²) in [6.45, 7) is 0.709. The summed E-state index contributed by atoms with van der Waals surface area (Å²) in [5.41, 5.74) is 0.209. The first-order valence-corrected chi connectivity index (χ1v) is 11.5. The predicted octanol–water partition coefficient (Wildman–Crippen LogP) is 3.84. The van der Waals surface area contributed by atoms with Gasteiger partial charge >= 0.3 is 5.97 Å². The predicted molar refractivity (Wildman–Crippen MR) is 113 cm³/mol. The minimum absolute atomic E-state index is 0.0263. The second-order valence-electron chi connectivity index (χ2n) is 6.56. The number of hydrogen-bond donors (Lipinski definition) is 0. The van der Waals surface area contributed by atoms with E-state index in [4.69, 9.17) is 9.47 Å². The van der Waals surface area contributed by atoms with E-state index in [0.29, 0.717) is 24.7 Å². The van der Waals surface area contributed by atoms with Gasteiger partial charge in [-0.2, -0.15) is 0 Å². The fraction of sp³-hybridized carbons (Fsp3) is 0.190. The maximum atomic E-state index is 14.7. The van der Waals surface area contributed by atoms with Gasteiger partial charge in [-0.3, -0.25) is 4.31 Å². The normalized spacial score (nSPS) is 13.0. The molecule has 0 N–H and O–H groups in total. The molecule has 3 aromatic rings. The molecule has 1 aliphatic heterocycles. The molecule has 162 valence electrons. The van der Waals surface area contributed by atoms with Gasteiger partial charge in [0.1, 0.15) is 23.9 Å². The monoisotopic (exact) mass is 463 g/mol. The molecule has 1 aliphatic rings. The SMILES string of the molecule is COC(=O)c1ccc(F)c(S(=O)(=O)N(Cc2cccs2)c2ccc3c(c2)OCCO3)c1. The van der Waals surface area contributed by atoms with E-state index in [0.717, 1.165) is 28.4 Å². The Bertz CT molecular complexity index is 1210. The minimum Gasteiger partial charge on any atom is -0.486 e. The molecule has 4 rings (SSSR count). The maximum Gasteiger partial charge on any atom is 0.337 e. The number of hydrogen-bond acceptors (Lipinski definition) is 7. The van der Waals surface area contributed by atoms with Gasteiger partial charge in [-0.15, -0.1) is 11.3 Å². The fourth-order valence-corrected chi connectivity index (χ4v) is 5.41. The van der Waals surface area contributed by atoms with Crippen LogP contribution in [0.5, 0.6) is 11.5 Å². The highest BCUT2D eigenvalue weighted by molar-refractivity contribution is 7.92. The van der Waals surface area contributed by atoms with Crippen LogP contribution in [-0.2, 0) is 21.3 Å². The molecule has 0 bridgehead atoms. The number of rotatable bonds is 6. The highest BCUT2D eigenvalue weighted by Gasteiger charge is 2.30. The smallest absolute Gasteiger partial charge is 0.337 e. The van der Waals surface area contributed by atoms with Crippen LogP contribution in [0.15, 0.2) is 58.8 Å². The van der Waals surface area contributed by atoms with E-state index in [1.807, 2.05) is 5.38 Å². The third-order valence-corrected chi connectivity index (χ3v) is 7.26. The van der Waals surface area contributed by atoms with Crippen molar-refractivity contribution < 1.29 is 31.8 Å². The average molecular weight is 464 g/mol. The number of nitrogens with zero attached hydrogens (tertiary/aromatic N) is 1. The van der Waals surface area contributed by atoms with Crippen LogP contribution in [0.3, 0.4) is 0 Å². The number of ether oxygens (including phenoxy) is 3. The van der Waals surface area contributed by atoms with E-state index in [-0.39, 0.29) is 17.8 Å². The van der Waals surface area contributed by atoms with E-state index in [2.05, 4.69) is 4.74 Å². The molecule has 0 fully saturated rings. The quantitative estimate of drug-likeness (QED) is 0.517. The largest absolute Gasteiger partial charge is 0.486 e. The van der Waals surface area contributed by atoms with Crippen molar-refractivity contribution in [3.63, 3.8) is 0 Å². The van der Waals surface area contributed by atoms with Gasteiger partial charge in [-0.1, -0.05) is 6.07 Å². The lowest BCUT2D eigenvalue weighted by Gasteiger charge is -2.26. The number of sulfonamides is 1. The average Bonchev–Trinajstić information content (AvgIpc) is 3.30. The summed E-state index contributed by atoms with van der Waals surface area (Å²) in [5.74, 6) is -0.830. The molecule has 0 saturated carbocycles. The van der Waals surface area contributed by atoms with Gasteiger partial charge in [0.25, 0.3) is 10.0 Å². The zero-order valence-electron chi connectivity index (χ0n) is 16.4. The van der Waals surface area contributed by atoms with Crippen LogP contribution in [-0.4, -0.2) is 34.7 Å². The van der Waals surface area contributed by atoms with Crippen molar-refractivity contribution in [1.29, 1.82) is 0 Å². The van der Waals surface area contributed by atoms with Crippen LogP contribution >= 0.6 is 11.3 Å². The highest BCUT2D eigenvalue weighted by atomic mass is 32.2. The molecule has 0 radical (unpaired) electrons. The molecule has 0 unspecified atom stereocenters. The summed E-state index contributed by atoms with van der Waals surface area (Å²) in [6.07, 6.45) is 0. The second kappa shape index (κ2) is 8.56. The lowest BCUT2D eigenvalue weighted by atomic mass is 10.2. The number of benzene rings is 2. The van der Waals surface area contributed by atoms with E-state index in [9.17, 15) is 17.6 Å². The number of thiophene rings is 1. The van der Waals surface area contributed by atoms with Crippen molar-refractivity contribution >= 4 is 33.0 Å². The van der Waals surface area contributed by atoms with Crippen molar-refractivity contribution in [1.82, 2.24) is 0 Å². The molecule has 0 saturated heterocycles. The van der Waals surface area contributed by atoms with Crippen molar-refractivity contribution in [3.8, 4) is 11.5 Å². The summed E-state index contributed by atoms with van der Waals surface area (Å²) in [7, 11) is -3.23. The second-order valence-corrected chi connectivity index (χ2v) is 9.42. The van der Waals surface area contributed by atoms with Gasteiger partial charge in [-0.05, 0) is 41.8 Å². The van der Waals surface area contributed by atoms with Crippen LogP contribution in [0.2, 0.25) is 0 Å². The van der Waals surface area contributed by atoms with Crippen molar-refractivity contribution in [2.24, 2.45) is 0 Å². The molecule has 0 amide bonds. The van der Waals surface area contributed by atoms with Gasteiger partial charge in [0.15, 0.2) is 11.5 Å². The van der Waals surface area contributed by atoms with Crippen LogP contribution in [0, 0.1) is 5.82 Å². The van der Waals surface area contributed by atoms with Crippen molar-refractivity contribution in [2.45, 2.75) is 11.4 Å². The molecular formula is C21H18FNO6S2. The molecule has 10 heteroatoms. The Kier molecular flexibility index (Phi) is 5.84. The molecule has 7 nitrogen and oxygen atoms in total. The molecule has 31 heavy (non-hydrogen) atoms. The van der Waals surface area contributed by atoms with Gasteiger partial charge < -0.3 is 14.2 Å². The number of carbonyl (C=O) groups excluding carboxylic acids is 1. The number of esters is 1. The van der Waals surface area contributed by atoms with E-state index < -0.39 is 26.7 Å². The maximum absolute atomic E-state index is 14.7. The van der Waals surface area contributed by atoms with Gasteiger partial charge in [0.05, 0.1) is 24.9 Å². The number of carbonyl (C=O) groups is 1. The first kappa shape index (κ1) is 21.1. The third kappa shape index (κ3) is 4.21. The van der Waals surface area contributed by atoms with Gasteiger partial charge in [0.2, 0.25) is 0 Å². The number of anilines is 1. The van der Waals surface area contributed by atoms with Crippen LogP contribution < -0.4 is 13.8 Å². The Morgan fingerprint density at radius 3 is 2.61 bits per heavy atom. The molecule has 2 heterocycles. The Labute approximate surface area is 182 Å². The number of halogens is 1. The summed E-state index contributed by atoms with van der Waals surface area (Å²) < 4.78 is 58.6. The highest BCUT2D eigenvalue weighted by Crippen LogP contribution is 2.37. The van der Waals surface area contributed by atoms with Crippen molar-refractivity contribution in [3.05, 3.63) is 70.2 Å². The first-order valence-electron chi connectivity index (χ1n) is 9.23. The molecule has 0 aliphatic carbocycles. The van der Waals surface area contributed by atoms with Crippen LogP contribution in [0.25, 0.3) is 0 Å². The Morgan fingerprint density at radius 2 is 1.90 bits per heavy atom. The molecule has 0 atom stereocenters. The van der Waals surface area contributed by atoms with Crippen molar-refractivity contribution in [2.75, 3.05) is 24.6 Å². The number of fused-ring (bicyclic) bond motifs is 1. The standard InChI is InChI=1S/C21H18FNO6S2/c1-27-21(24)14-4-6-17(22)20(11-14)31(25,26)23(13-16-3-2-10-30-16)15-5-7-18-19(12-15)29-9-8-28-18/h2-7,10-12H,8-9,13H2,1H3. The summed E-state index contributed by atoms with van der Waals surface area (Å²) in [5, 5.41) is 1.82. The number of methoxy groups -OCH3 is 1. The van der Waals surface area contributed by atoms with Crippen LogP contribution in [0.1, 0.15) is 15.2 Å². The summed E-state index contributed by atoms with van der Waals surface area (Å²) in [6, 6.07) is 11.4. The van der Waals surface area contributed by atoms with E-state index in [1.54, 1.807) is 30.3 Å². The molecule has 2 aromatic carbocycles. The minimum atomic E-state index is -4.39. The molecule has 0 spiro atoms. The Morgan fingerprint density at radius 1 is 1.13 bits per heavy atom. The zero-order chi connectivity index (χ0) is 22.0. The summed E-state index contributed by atoms with van der Waals surface area (Å²) in [4.78, 5) is 12.0. The summed E-state index contributed by atoms with van der Waals surface area (Å²) >= 11 is 1.37. The molecular weight excluding hydrogens is 445 g/mol. The Hall–Kier alpha value is -3.11. The lowest BCUT2D eigenvalue weighted by molar-refractivity contribution is 0.0600. The van der Waals surface area contributed by atoms with Crippen LogP contribution in [0.4, 0.5) is 10.1 Å². The topological polar surface area (TPSA) is 82.1 Å². The third-order valence-electron chi connectivity index (χ3n) is 4.61. The zero-order valence-corrected chi connectivity index (χ0v) is 18.0. The first-order chi connectivity index (χ1) is 14.9.